The third kappa shape index (κ3) is 6.89. The highest BCUT2D eigenvalue weighted by molar-refractivity contribution is 5.55. The monoisotopic (exact) mass is 398 g/mol. The van der Waals surface area contributed by atoms with Crippen LogP contribution in [0, 0.1) is 23.7 Å². The van der Waals surface area contributed by atoms with Gasteiger partial charge >= 0.3 is 0 Å². The molecule has 1 aliphatic rings. The molecule has 0 N–H and O–H groups in total. The highest BCUT2D eigenvalue weighted by Crippen LogP contribution is 2.29. The highest BCUT2D eigenvalue weighted by atomic mass is 16.5. The second-order valence-electron chi connectivity index (χ2n) is 8.17. The van der Waals surface area contributed by atoms with Crippen molar-refractivity contribution in [1.82, 2.24) is 9.97 Å². The van der Waals surface area contributed by atoms with Crippen LogP contribution in [0.1, 0.15) is 76.5 Å². The molecule has 162 valence electrons. The van der Waals surface area contributed by atoms with Crippen LogP contribution in [0.15, 0.2) is 36.7 Å². The van der Waals surface area contributed by atoms with Crippen LogP contribution in [0.5, 0.6) is 5.75 Å². The second kappa shape index (κ2) is 11.6. The molecule has 3 rings (SSSR count). The molecule has 29 heavy (non-hydrogen) atoms. The lowest BCUT2D eigenvalue weighted by Crippen LogP contribution is -2.19. The summed E-state index contributed by atoms with van der Waals surface area (Å²) in [6.45, 7) is 4.98. The molecule has 0 saturated heterocycles. The van der Waals surface area contributed by atoms with Gasteiger partial charge in [0.25, 0.3) is 0 Å². The van der Waals surface area contributed by atoms with E-state index in [4.69, 9.17) is 4.74 Å². The van der Waals surface area contributed by atoms with E-state index in [9.17, 15) is 0 Å². The van der Waals surface area contributed by atoms with Gasteiger partial charge in [-0.05, 0) is 81.2 Å². The van der Waals surface area contributed by atoms with E-state index in [2.05, 4.69) is 40.9 Å². The smallest absolute Gasteiger partial charge is 0.159 e. The van der Waals surface area contributed by atoms with Crippen molar-refractivity contribution in [3.05, 3.63) is 42.2 Å². The molecule has 3 heteroatoms. The molecular weight excluding hydrogens is 356 g/mol. The molecule has 0 aliphatic heterocycles. The molecule has 1 aromatic carbocycles. The van der Waals surface area contributed by atoms with Gasteiger partial charge in [0.15, 0.2) is 5.82 Å². The Morgan fingerprint density at radius 1 is 1.00 bits per heavy atom. The third-order valence-electron chi connectivity index (χ3n) is 5.82. The standard InChI is InChI=1S/C26H34N2O.4H2/c1-3-5-6-7-9-23-18-27-26(28-19-23)24-14-16-25(17-15-24)29-20-22-12-10-21(8-4-2)11-13-22;;;;/h14-19,21-22H,3,5-7,9-13,20H2,1-2H3;4*1H. The van der Waals surface area contributed by atoms with Gasteiger partial charge in [-0.3, -0.25) is 0 Å². The van der Waals surface area contributed by atoms with Gasteiger partial charge in [-0.1, -0.05) is 26.2 Å². The first kappa shape index (κ1) is 21.4. The van der Waals surface area contributed by atoms with Crippen LogP contribution >= 0.6 is 0 Å². The van der Waals surface area contributed by atoms with Crippen LogP contribution in [0.25, 0.3) is 11.4 Å². The summed E-state index contributed by atoms with van der Waals surface area (Å²) in [5, 5.41) is 0. The molecule has 0 bridgehead atoms. The lowest BCUT2D eigenvalue weighted by atomic mass is 9.83. The van der Waals surface area contributed by atoms with Gasteiger partial charge in [-0.2, -0.15) is 0 Å². The predicted octanol–water partition coefficient (Wildman–Crippen LogP) is 7.46. The molecule has 0 atom stereocenters. The van der Waals surface area contributed by atoms with Crippen LogP contribution in [0.4, 0.5) is 0 Å². The normalized spacial score (nSPS) is 18.7. The summed E-state index contributed by atoms with van der Waals surface area (Å²) in [6.07, 6.45) is 14.9. The lowest BCUT2D eigenvalue weighted by molar-refractivity contribution is 0.196. The fraction of sp³-hybridized carbons (Fsp3) is 0.538. The van der Waals surface area contributed by atoms with E-state index in [1.165, 1.54) is 56.9 Å². The predicted molar refractivity (Wildman–Crippen MR) is 128 cm³/mol. The summed E-state index contributed by atoms with van der Waals surface area (Å²) >= 11 is 0. The maximum atomic E-state index is 6.04. The number of rotatable bonds is 9. The van der Waals surface area contributed by atoms with Crippen molar-refractivity contribution in [2.24, 2.45) is 11.8 Å². The molecule has 2 aromatic rings. The van der Waals surface area contributed by atoms with Crippen molar-refractivity contribution in [3.8, 4) is 29.0 Å². The van der Waals surface area contributed by atoms with Gasteiger partial charge in [-0.25, -0.2) is 9.97 Å². The molecule has 1 fully saturated rings. The SMILES string of the molecule is CC#CC1CCC(COc2ccc(-c3ncc(CCCCCC)cn3)cc2)CC1.[HH].[HH].[HH].[HH]. The first-order valence-corrected chi connectivity index (χ1v) is 11.2. The number of ether oxygens (including phenoxy) is 1. The molecule has 3 nitrogen and oxygen atoms in total. The Morgan fingerprint density at radius 3 is 2.38 bits per heavy atom. The van der Waals surface area contributed by atoms with Crippen molar-refractivity contribution in [2.75, 3.05) is 6.61 Å². The Hall–Kier alpha value is -2.34. The van der Waals surface area contributed by atoms with E-state index in [0.717, 1.165) is 30.2 Å². The van der Waals surface area contributed by atoms with Crippen molar-refractivity contribution in [2.45, 2.75) is 71.6 Å². The zero-order valence-corrected chi connectivity index (χ0v) is 18.0. The summed E-state index contributed by atoms with van der Waals surface area (Å²) in [7, 11) is 0. The van der Waals surface area contributed by atoms with E-state index < -0.39 is 0 Å². The molecule has 0 unspecified atom stereocenters. The van der Waals surface area contributed by atoms with Gasteiger partial charge < -0.3 is 4.74 Å². The fourth-order valence-corrected chi connectivity index (χ4v) is 3.98. The largest absolute Gasteiger partial charge is 0.493 e. The summed E-state index contributed by atoms with van der Waals surface area (Å²) < 4.78 is 6.04. The Kier molecular flexibility index (Phi) is 8.56. The molecule has 1 saturated carbocycles. The number of hydrogen-bond acceptors (Lipinski definition) is 3. The van der Waals surface area contributed by atoms with Crippen molar-refractivity contribution < 1.29 is 10.4 Å². The molecule has 0 spiro atoms. The first-order chi connectivity index (χ1) is 14.3. The van der Waals surface area contributed by atoms with Gasteiger partial charge in [0.2, 0.25) is 0 Å². The minimum absolute atomic E-state index is 0. The Balaban J connectivity index is 0. The van der Waals surface area contributed by atoms with Crippen molar-refractivity contribution in [3.63, 3.8) is 0 Å². The van der Waals surface area contributed by atoms with Crippen LogP contribution < -0.4 is 4.74 Å². The zero-order chi connectivity index (χ0) is 20.3. The Bertz CT molecular complexity index is 796. The van der Waals surface area contributed by atoms with E-state index in [1.807, 2.05) is 31.5 Å². The van der Waals surface area contributed by atoms with Crippen LogP contribution in [-0.4, -0.2) is 16.6 Å². The Labute approximate surface area is 182 Å². The second-order valence-corrected chi connectivity index (χ2v) is 8.17. The van der Waals surface area contributed by atoms with E-state index in [-0.39, 0.29) is 5.71 Å². The van der Waals surface area contributed by atoms with E-state index in [1.54, 1.807) is 0 Å². The molecular formula is C26H42N2O. The van der Waals surface area contributed by atoms with Gasteiger partial charge in [0, 0.05) is 29.6 Å². The summed E-state index contributed by atoms with van der Waals surface area (Å²) in [4.78, 5) is 9.11. The number of nitrogens with zero attached hydrogens (tertiary/aromatic N) is 2. The number of hydrogen-bond donors (Lipinski definition) is 0. The summed E-state index contributed by atoms with van der Waals surface area (Å²) in [5.74, 6) is 9.33. The highest BCUT2D eigenvalue weighted by Gasteiger charge is 2.20. The minimum Gasteiger partial charge on any atom is -0.493 e. The molecule has 1 aromatic heterocycles. The quantitative estimate of drug-likeness (QED) is 0.325. The topological polar surface area (TPSA) is 35.0 Å². The fourth-order valence-electron chi connectivity index (χ4n) is 3.98. The first-order valence-electron chi connectivity index (χ1n) is 11.2. The lowest BCUT2D eigenvalue weighted by Gasteiger charge is -2.25. The molecule has 0 radical (unpaired) electrons. The summed E-state index contributed by atoms with van der Waals surface area (Å²) in [5.41, 5.74) is 2.26. The van der Waals surface area contributed by atoms with Gasteiger partial charge in [-0.15, -0.1) is 11.8 Å². The van der Waals surface area contributed by atoms with E-state index in [0.29, 0.717) is 11.8 Å². The van der Waals surface area contributed by atoms with Crippen LogP contribution in [-0.2, 0) is 6.42 Å². The van der Waals surface area contributed by atoms with Crippen LogP contribution in [0.3, 0.4) is 0 Å². The number of benzene rings is 1. The minimum atomic E-state index is 0. The molecule has 0 amide bonds. The zero-order valence-electron chi connectivity index (χ0n) is 18.0. The van der Waals surface area contributed by atoms with Crippen molar-refractivity contribution in [1.29, 1.82) is 0 Å². The van der Waals surface area contributed by atoms with Crippen molar-refractivity contribution >= 4 is 0 Å². The number of aryl methyl sites for hydroxylation is 1. The molecule has 1 aliphatic carbocycles. The summed E-state index contributed by atoms with van der Waals surface area (Å²) in [6, 6.07) is 8.18. The number of aromatic nitrogens is 2. The average Bonchev–Trinajstić information content (AvgIpc) is 2.77. The van der Waals surface area contributed by atoms with Crippen LogP contribution in [0.2, 0.25) is 0 Å². The third-order valence-corrected chi connectivity index (χ3v) is 5.82. The molecule has 1 heterocycles. The average molecular weight is 399 g/mol. The van der Waals surface area contributed by atoms with E-state index >= 15 is 0 Å². The maximum absolute atomic E-state index is 6.04. The van der Waals surface area contributed by atoms with Gasteiger partial charge in [0.1, 0.15) is 5.75 Å². The maximum Gasteiger partial charge on any atom is 0.159 e. The van der Waals surface area contributed by atoms with Gasteiger partial charge in [0.05, 0.1) is 6.61 Å². The Morgan fingerprint density at radius 2 is 1.72 bits per heavy atom. The number of unbranched alkanes of at least 4 members (excludes halogenated alkanes) is 3.